The number of hydrogen-bond acceptors (Lipinski definition) is 7. The molecular weight excluding hydrogens is 346 g/mol. The number of hydrazone groups is 1. The van der Waals surface area contributed by atoms with Gasteiger partial charge in [-0.2, -0.15) is 5.10 Å². The fourth-order valence-electron chi connectivity index (χ4n) is 2.69. The van der Waals surface area contributed by atoms with E-state index in [4.69, 9.17) is 4.42 Å². The molecule has 0 unspecified atom stereocenters. The monoisotopic (exact) mass is 359 g/mol. The third-order valence-corrected chi connectivity index (χ3v) is 3.90. The van der Waals surface area contributed by atoms with Crippen LogP contribution in [0.25, 0.3) is 28.1 Å². The molecule has 132 valence electrons. The van der Waals surface area contributed by atoms with Crippen LogP contribution in [0.1, 0.15) is 5.56 Å². The summed E-state index contributed by atoms with van der Waals surface area (Å²) in [7, 11) is 0. The number of rotatable bonds is 5. The summed E-state index contributed by atoms with van der Waals surface area (Å²) in [6, 6.07) is 14.1. The summed E-state index contributed by atoms with van der Waals surface area (Å²) in [6.07, 6.45) is 6.13. The zero-order valence-corrected chi connectivity index (χ0v) is 13.9. The maximum absolute atomic E-state index is 11.0. The minimum atomic E-state index is -0.422. The highest BCUT2D eigenvalue weighted by Gasteiger charge is 2.12. The van der Waals surface area contributed by atoms with Crippen LogP contribution in [0.4, 0.5) is 11.5 Å². The van der Waals surface area contributed by atoms with Gasteiger partial charge in [-0.05, 0) is 30.4 Å². The molecule has 2 aromatic heterocycles. The molecule has 0 aliphatic heterocycles. The van der Waals surface area contributed by atoms with E-state index >= 15 is 0 Å². The van der Waals surface area contributed by atoms with Crippen LogP contribution in [-0.4, -0.2) is 21.1 Å². The number of allylic oxidation sites excluding steroid dienone is 1. The molecule has 4 aromatic rings. The maximum Gasteiger partial charge on any atom is 0.276 e. The van der Waals surface area contributed by atoms with E-state index in [1.807, 2.05) is 24.3 Å². The number of nitro groups is 1. The second-order valence-corrected chi connectivity index (χ2v) is 5.56. The predicted octanol–water partition coefficient (Wildman–Crippen LogP) is 4.40. The molecule has 2 heterocycles. The van der Waals surface area contributed by atoms with E-state index in [0.717, 1.165) is 11.0 Å². The van der Waals surface area contributed by atoms with Crippen LogP contribution in [0.2, 0.25) is 0 Å². The van der Waals surface area contributed by atoms with Crippen molar-refractivity contribution in [1.82, 2.24) is 9.97 Å². The summed E-state index contributed by atoms with van der Waals surface area (Å²) in [6.45, 7) is 0. The highest BCUT2D eigenvalue weighted by molar-refractivity contribution is 6.05. The number of nitrogens with one attached hydrogen (secondary N) is 1. The minimum absolute atomic E-state index is 0.0369. The molecule has 0 radical (unpaired) electrons. The predicted molar refractivity (Wildman–Crippen MR) is 104 cm³/mol. The van der Waals surface area contributed by atoms with Gasteiger partial charge in [-0.25, -0.2) is 9.97 Å². The molecule has 8 nitrogen and oxygen atoms in total. The van der Waals surface area contributed by atoms with Gasteiger partial charge in [-0.1, -0.05) is 24.3 Å². The smallest absolute Gasteiger partial charge is 0.276 e. The van der Waals surface area contributed by atoms with Crippen LogP contribution in [0.15, 0.2) is 70.5 Å². The quantitative estimate of drug-likeness (QED) is 0.322. The molecule has 0 aliphatic rings. The van der Waals surface area contributed by atoms with Crippen molar-refractivity contribution in [2.45, 2.75) is 0 Å². The normalized spacial score (nSPS) is 11.7. The highest BCUT2D eigenvalue weighted by Crippen LogP contribution is 2.30. The van der Waals surface area contributed by atoms with Gasteiger partial charge in [0.15, 0.2) is 11.4 Å². The topological polar surface area (TPSA) is 106 Å². The molecule has 0 spiro atoms. The van der Waals surface area contributed by atoms with Gasteiger partial charge in [0, 0.05) is 17.7 Å². The third kappa shape index (κ3) is 3.23. The average Bonchev–Trinajstić information content (AvgIpc) is 3.07. The highest BCUT2D eigenvalue weighted by atomic mass is 16.6. The number of nitro benzene ring substituents is 1. The lowest BCUT2D eigenvalue weighted by Gasteiger charge is -1.98. The van der Waals surface area contributed by atoms with Crippen LogP contribution in [0, 0.1) is 10.1 Å². The number of aromatic nitrogens is 2. The molecular formula is C19H13N5O3. The van der Waals surface area contributed by atoms with Gasteiger partial charge >= 0.3 is 0 Å². The maximum atomic E-state index is 11.0. The summed E-state index contributed by atoms with van der Waals surface area (Å²) >= 11 is 0. The first-order chi connectivity index (χ1) is 13.2. The molecule has 4 rings (SSSR count). The Morgan fingerprint density at radius 3 is 2.81 bits per heavy atom. The first-order valence-electron chi connectivity index (χ1n) is 8.05. The van der Waals surface area contributed by atoms with E-state index in [9.17, 15) is 10.1 Å². The first kappa shape index (κ1) is 16.4. The summed E-state index contributed by atoms with van der Waals surface area (Å²) in [5, 5.41) is 16.0. The Morgan fingerprint density at radius 2 is 1.93 bits per heavy atom. The summed E-state index contributed by atoms with van der Waals surface area (Å²) in [4.78, 5) is 19.0. The fraction of sp³-hybridized carbons (Fsp3) is 0. The molecule has 0 atom stereocenters. The molecule has 2 aromatic carbocycles. The van der Waals surface area contributed by atoms with Crippen molar-refractivity contribution in [3.05, 3.63) is 76.6 Å². The van der Waals surface area contributed by atoms with E-state index in [-0.39, 0.29) is 5.69 Å². The molecule has 0 fully saturated rings. The number of benzene rings is 2. The minimum Gasteiger partial charge on any atom is -0.450 e. The number of para-hydroxylation sites is 2. The fourth-order valence-corrected chi connectivity index (χ4v) is 2.69. The summed E-state index contributed by atoms with van der Waals surface area (Å²) < 4.78 is 5.80. The lowest BCUT2D eigenvalue weighted by atomic mass is 10.2. The van der Waals surface area contributed by atoms with Gasteiger partial charge in [0.05, 0.1) is 10.5 Å². The van der Waals surface area contributed by atoms with Crippen molar-refractivity contribution in [3.63, 3.8) is 0 Å². The van der Waals surface area contributed by atoms with E-state index in [1.54, 1.807) is 30.4 Å². The molecule has 0 bridgehead atoms. The zero-order chi connectivity index (χ0) is 18.6. The van der Waals surface area contributed by atoms with Crippen molar-refractivity contribution in [2.75, 3.05) is 5.43 Å². The molecule has 8 heteroatoms. The van der Waals surface area contributed by atoms with Crippen molar-refractivity contribution >= 4 is 45.9 Å². The molecule has 0 saturated heterocycles. The third-order valence-electron chi connectivity index (χ3n) is 3.90. The Balaban J connectivity index is 1.55. The number of anilines is 1. The van der Waals surface area contributed by atoms with Gasteiger partial charge in [0.25, 0.3) is 5.69 Å². The van der Waals surface area contributed by atoms with Crippen LogP contribution in [0.5, 0.6) is 0 Å². The van der Waals surface area contributed by atoms with Gasteiger partial charge in [-0.15, -0.1) is 0 Å². The lowest BCUT2D eigenvalue weighted by molar-refractivity contribution is -0.385. The first-order valence-corrected chi connectivity index (χ1v) is 8.05. The Bertz CT molecular complexity index is 1200. The van der Waals surface area contributed by atoms with E-state index < -0.39 is 4.92 Å². The van der Waals surface area contributed by atoms with Crippen molar-refractivity contribution in [1.29, 1.82) is 0 Å². The molecule has 0 saturated carbocycles. The standard InChI is InChI=1S/C19H13N5O3/c25-24(26)15-9-3-1-6-13(15)7-5-11-22-23-19-18-17(20-12-21-19)14-8-2-4-10-16(14)27-18/h1-12H,(H,20,21,23)/b7-5+,22-11-. The van der Waals surface area contributed by atoms with Crippen molar-refractivity contribution < 1.29 is 9.34 Å². The van der Waals surface area contributed by atoms with Gasteiger partial charge < -0.3 is 4.42 Å². The van der Waals surface area contributed by atoms with Gasteiger partial charge in [-0.3, -0.25) is 15.5 Å². The second-order valence-electron chi connectivity index (χ2n) is 5.56. The van der Waals surface area contributed by atoms with Gasteiger partial charge in [0.2, 0.25) is 0 Å². The van der Waals surface area contributed by atoms with Crippen LogP contribution in [0.3, 0.4) is 0 Å². The molecule has 27 heavy (non-hydrogen) atoms. The molecule has 0 amide bonds. The summed E-state index contributed by atoms with van der Waals surface area (Å²) in [5.41, 5.74) is 5.28. The number of furan rings is 1. The Labute approximate surface area is 153 Å². The van der Waals surface area contributed by atoms with Gasteiger partial charge in [0.1, 0.15) is 17.4 Å². The second kappa shape index (κ2) is 7.04. The van der Waals surface area contributed by atoms with Crippen molar-refractivity contribution in [2.24, 2.45) is 5.10 Å². The number of nitrogens with zero attached hydrogens (tertiary/aromatic N) is 4. The average molecular weight is 359 g/mol. The lowest BCUT2D eigenvalue weighted by Crippen LogP contribution is -1.93. The Morgan fingerprint density at radius 1 is 1.11 bits per heavy atom. The number of fused-ring (bicyclic) bond motifs is 3. The largest absolute Gasteiger partial charge is 0.450 e. The van der Waals surface area contributed by atoms with E-state index in [1.165, 1.54) is 18.6 Å². The van der Waals surface area contributed by atoms with E-state index in [0.29, 0.717) is 22.5 Å². The zero-order valence-electron chi connectivity index (χ0n) is 13.9. The number of hydrogen-bond donors (Lipinski definition) is 1. The Hall–Kier alpha value is -4.07. The van der Waals surface area contributed by atoms with Crippen LogP contribution < -0.4 is 5.43 Å². The summed E-state index contributed by atoms with van der Waals surface area (Å²) in [5.74, 6) is 0.437. The SMILES string of the molecule is O=[N+]([O-])c1ccccc1/C=C/C=N\Nc1ncnc2c1oc1ccccc12. The van der Waals surface area contributed by atoms with Crippen LogP contribution >= 0.6 is 0 Å². The Kier molecular flexibility index (Phi) is 4.28. The molecule has 0 aliphatic carbocycles. The van der Waals surface area contributed by atoms with E-state index in [2.05, 4.69) is 20.5 Å². The van der Waals surface area contributed by atoms with Crippen molar-refractivity contribution in [3.8, 4) is 0 Å². The van der Waals surface area contributed by atoms with Crippen LogP contribution in [-0.2, 0) is 0 Å². The molecule has 1 N–H and O–H groups in total.